The molecule has 0 fully saturated rings. The summed E-state index contributed by atoms with van der Waals surface area (Å²) in [6.07, 6.45) is 1.67. The number of benzene rings is 1. The fourth-order valence-corrected chi connectivity index (χ4v) is 2.41. The molecule has 5 heteroatoms. The molecular formula is C13H15N3OS. The Morgan fingerprint density at radius 1 is 1.17 bits per heavy atom. The number of rotatable bonds is 4. The van der Waals surface area contributed by atoms with E-state index in [1.807, 2.05) is 30.3 Å². The van der Waals surface area contributed by atoms with Gasteiger partial charge in [-0.25, -0.2) is 4.98 Å². The van der Waals surface area contributed by atoms with Gasteiger partial charge in [-0.05, 0) is 23.8 Å². The minimum atomic E-state index is 0.384. The first-order valence-corrected chi connectivity index (χ1v) is 6.45. The zero-order chi connectivity index (χ0) is 13.0. The van der Waals surface area contributed by atoms with Gasteiger partial charge in [0.15, 0.2) is 0 Å². The van der Waals surface area contributed by atoms with Gasteiger partial charge in [0.25, 0.3) is 0 Å². The molecule has 2 rings (SSSR count). The second-order valence-electron chi connectivity index (χ2n) is 3.74. The average molecular weight is 261 g/mol. The predicted molar refractivity (Wildman–Crippen MR) is 75.6 cm³/mol. The Bertz CT molecular complexity index is 528. The first kappa shape index (κ1) is 12.6. The van der Waals surface area contributed by atoms with Crippen LogP contribution in [0.25, 0.3) is 0 Å². The van der Waals surface area contributed by atoms with Crippen molar-refractivity contribution in [2.45, 2.75) is 10.6 Å². The highest BCUT2D eigenvalue weighted by atomic mass is 32.2. The van der Waals surface area contributed by atoms with Gasteiger partial charge in [0.2, 0.25) is 0 Å². The molecule has 0 saturated carbocycles. The zero-order valence-electron chi connectivity index (χ0n) is 10.1. The van der Waals surface area contributed by atoms with Crippen LogP contribution in [0.3, 0.4) is 0 Å². The lowest BCUT2D eigenvalue weighted by Crippen LogP contribution is -1.98. The molecule has 2 aromatic rings. The van der Waals surface area contributed by atoms with Crippen LogP contribution in [0.1, 0.15) is 5.56 Å². The Labute approximate surface area is 110 Å². The third-order valence-corrected chi connectivity index (χ3v) is 3.68. The number of thioether (sulfide) groups is 1. The standard InChI is InChI=1S/C13H15N3OS/c1-17-10-4-2-9(3-5-10)8-18-11-6-7-16-13(15)12(11)14/h2-7H,8,14H2,1H3,(H2,15,16). The molecule has 0 atom stereocenters. The summed E-state index contributed by atoms with van der Waals surface area (Å²) in [7, 11) is 1.66. The van der Waals surface area contributed by atoms with Crippen LogP contribution in [0.15, 0.2) is 41.4 Å². The van der Waals surface area contributed by atoms with E-state index in [0.717, 1.165) is 16.4 Å². The number of hydrogen-bond donors (Lipinski definition) is 2. The molecule has 0 bridgehead atoms. The molecular weight excluding hydrogens is 246 g/mol. The van der Waals surface area contributed by atoms with Gasteiger partial charge in [-0.2, -0.15) is 0 Å². The number of methoxy groups -OCH3 is 1. The largest absolute Gasteiger partial charge is 0.497 e. The monoisotopic (exact) mass is 261 g/mol. The van der Waals surface area contributed by atoms with Crippen molar-refractivity contribution in [1.82, 2.24) is 4.98 Å². The quantitative estimate of drug-likeness (QED) is 0.827. The molecule has 0 spiro atoms. The topological polar surface area (TPSA) is 74.2 Å². The van der Waals surface area contributed by atoms with Crippen LogP contribution < -0.4 is 16.2 Å². The number of hydrogen-bond acceptors (Lipinski definition) is 5. The molecule has 1 aromatic heterocycles. The third-order valence-electron chi connectivity index (χ3n) is 2.53. The molecule has 0 saturated heterocycles. The average Bonchev–Trinajstić information content (AvgIpc) is 2.41. The first-order valence-electron chi connectivity index (χ1n) is 5.46. The Kier molecular flexibility index (Phi) is 3.94. The van der Waals surface area contributed by atoms with Gasteiger partial charge < -0.3 is 16.2 Å². The highest BCUT2D eigenvalue weighted by molar-refractivity contribution is 7.98. The van der Waals surface area contributed by atoms with Gasteiger partial charge >= 0.3 is 0 Å². The summed E-state index contributed by atoms with van der Waals surface area (Å²) in [5.74, 6) is 2.07. The zero-order valence-corrected chi connectivity index (χ0v) is 10.9. The van der Waals surface area contributed by atoms with Crippen LogP contribution in [-0.2, 0) is 5.75 Å². The van der Waals surface area contributed by atoms with E-state index in [-0.39, 0.29) is 0 Å². The molecule has 0 aliphatic rings. The van der Waals surface area contributed by atoms with Crippen LogP contribution in [-0.4, -0.2) is 12.1 Å². The Morgan fingerprint density at radius 3 is 2.56 bits per heavy atom. The predicted octanol–water partition coefficient (Wildman–Crippen LogP) is 2.55. The van der Waals surface area contributed by atoms with Crippen molar-refractivity contribution in [1.29, 1.82) is 0 Å². The van der Waals surface area contributed by atoms with Gasteiger partial charge in [-0.3, -0.25) is 0 Å². The lowest BCUT2D eigenvalue weighted by atomic mass is 10.2. The molecule has 0 aliphatic heterocycles. The van der Waals surface area contributed by atoms with Crippen molar-refractivity contribution >= 4 is 23.3 Å². The summed E-state index contributed by atoms with van der Waals surface area (Å²) in [5, 5.41) is 0. The van der Waals surface area contributed by atoms with Crippen molar-refractivity contribution < 1.29 is 4.74 Å². The number of nitrogens with two attached hydrogens (primary N) is 2. The minimum Gasteiger partial charge on any atom is -0.497 e. The Morgan fingerprint density at radius 2 is 1.89 bits per heavy atom. The highest BCUT2D eigenvalue weighted by Crippen LogP contribution is 2.30. The molecule has 4 nitrogen and oxygen atoms in total. The highest BCUT2D eigenvalue weighted by Gasteiger charge is 2.04. The van der Waals surface area contributed by atoms with E-state index in [4.69, 9.17) is 16.2 Å². The normalized spacial score (nSPS) is 10.3. The molecule has 0 aliphatic carbocycles. The Hall–Kier alpha value is -1.88. The van der Waals surface area contributed by atoms with Crippen molar-refractivity contribution in [3.05, 3.63) is 42.1 Å². The summed E-state index contributed by atoms with van der Waals surface area (Å²) in [6.45, 7) is 0. The molecule has 1 heterocycles. The number of anilines is 2. The van der Waals surface area contributed by atoms with Crippen LogP contribution in [0.4, 0.5) is 11.5 Å². The smallest absolute Gasteiger partial charge is 0.147 e. The molecule has 1 aromatic carbocycles. The van der Waals surface area contributed by atoms with Gasteiger partial charge in [-0.15, -0.1) is 11.8 Å². The summed E-state index contributed by atoms with van der Waals surface area (Å²) in [5.41, 5.74) is 13.3. The maximum Gasteiger partial charge on any atom is 0.147 e. The molecule has 4 N–H and O–H groups in total. The number of nitrogens with zero attached hydrogens (tertiary/aromatic N) is 1. The SMILES string of the molecule is COc1ccc(CSc2ccnc(N)c2N)cc1. The van der Waals surface area contributed by atoms with Crippen LogP contribution in [0, 0.1) is 0 Å². The molecule has 0 amide bonds. The van der Waals surface area contributed by atoms with Gasteiger partial charge in [0.05, 0.1) is 12.8 Å². The van der Waals surface area contributed by atoms with Gasteiger partial charge in [-0.1, -0.05) is 12.1 Å². The number of ether oxygens (including phenoxy) is 1. The molecule has 18 heavy (non-hydrogen) atoms. The van der Waals surface area contributed by atoms with E-state index in [1.54, 1.807) is 25.1 Å². The van der Waals surface area contributed by atoms with Crippen LogP contribution >= 0.6 is 11.8 Å². The fourth-order valence-electron chi connectivity index (χ4n) is 1.48. The minimum absolute atomic E-state index is 0.384. The van der Waals surface area contributed by atoms with Crippen LogP contribution in [0.5, 0.6) is 5.75 Å². The Balaban J connectivity index is 2.04. The number of aromatic nitrogens is 1. The maximum atomic E-state index is 5.86. The second-order valence-corrected chi connectivity index (χ2v) is 4.76. The van der Waals surface area contributed by atoms with Crippen molar-refractivity contribution in [2.24, 2.45) is 0 Å². The number of nitrogen functional groups attached to an aromatic ring is 2. The lowest BCUT2D eigenvalue weighted by Gasteiger charge is -2.07. The summed E-state index contributed by atoms with van der Waals surface area (Å²) in [4.78, 5) is 4.90. The molecule has 0 radical (unpaired) electrons. The van der Waals surface area contributed by atoms with E-state index in [1.165, 1.54) is 5.56 Å². The van der Waals surface area contributed by atoms with Crippen molar-refractivity contribution in [3.8, 4) is 5.75 Å². The lowest BCUT2D eigenvalue weighted by molar-refractivity contribution is 0.414. The van der Waals surface area contributed by atoms with E-state index >= 15 is 0 Å². The van der Waals surface area contributed by atoms with Crippen molar-refractivity contribution in [3.63, 3.8) is 0 Å². The summed E-state index contributed by atoms with van der Waals surface area (Å²) >= 11 is 1.64. The maximum absolute atomic E-state index is 5.86. The summed E-state index contributed by atoms with van der Waals surface area (Å²) < 4.78 is 5.12. The van der Waals surface area contributed by atoms with Gasteiger partial charge in [0, 0.05) is 16.8 Å². The van der Waals surface area contributed by atoms with Gasteiger partial charge in [0.1, 0.15) is 11.6 Å². The molecule has 94 valence electrons. The summed E-state index contributed by atoms with van der Waals surface area (Å²) in [6, 6.07) is 9.83. The van der Waals surface area contributed by atoms with Crippen molar-refractivity contribution in [2.75, 3.05) is 18.6 Å². The van der Waals surface area contributed by atoms with Crippen LogP contribution in [0.2, 0.25) is 0 Å². The van der Waals surface area contributed by atoms with E-state index < -0.39 is 0 Å². The van der Waals surface area contributed by atoms with E-state index in [0.29, 0.717) is 11.5 Å². The van der Waals surface area contributed by atoms with E-state index in [9.17, 15) is 0 Å². The fraction of sp³-hybridized carbons (Fsp3) is 0.154. The number of pyridine rings is 1. The first-order chi connectivity index (χ1) is 8.70. The molecule has 0 unspecified atom stereocenters. The van der Waals surface area contributed by atoms with E-state index in [2.05, 4.69) is 4.98 Å². The third kappa shape index (κ3) is 2.87. The second kappa shape index (κ2) is 5.64.